The minimum Gasteiger partial charge on any atom is -0.493 e. The lowest BCUT2D eigenvalue weighted by Gasteiger charge is -2.20. The van der Waals surface area contributed by atoms with Crippen molar-refractivity contribution in [1.29, 1.82) is 0 Å². The molecule has 0 radical (unpaired) electrons. The second-order valence-corrected chi connectivity index (χ2v) is 3.98. The molecule has 3 N–H and O–H groups in total. The highest BCUT2D eigenvalue weighted by molar-refractivity contribution is 5.51. The van der Waals surface area contributed by atoms with Crippen LogP contribution >= 0.6 is 0 Å². The van der Waals surface area contributed by atoms with Crippen LogP contribution in [0.4, 0.5) is 8.78 Å². The van der Waals surface area contributed by atoms with E-state index in [9.17, 15) is 8.78 Å². The van der Waals surface area contributed by atoms with Crippen molar-refractivity contribution in [1.82, 2.24) is 0 Å². The van der Waals surface area contributed by atoms with Crippen LogP contribution in [0.25, 0.3) is 0 Å². The number of methoxy groups -OCH3 is 2. The topological polar surface area (TPSA) is 64.7 Å². The molecule has 0 aliphatic carbocycles. The Balaban J connectivity index is 3.46. The van der Waals surface area contributed by atoms with E-state index in [1.54, 1.807) is 0 Å². The fraction of sp³-hybridized carbons (Fsp3) is 0.500. The molecular weight excluding hydrogens is 244 g/mol. The smallest absolute Gasteiger partial charge is 0.274 e. The third-order valence-electron chi connectivity index (χ3n) is 2.60. The number of nitrogens with two attached hydrogens (primary N) is 1. The van der Waals surface area contributed by atoms with Gasteiger partial charge in [-0.25, -0.2) is 8.78 Å². The SMILES string of the molecule is COc1cc(C(N)CO)cc(C(C)(F)F)c1OC. The summed E-state index contributed by atoms with van der Waals surface area (Å²) in [5, 5.41) is 8.99. The number of hydrogen-bond acceptors (Lipinski definition) is 4. The highest BCUT2D eigenvalue weighted by atomic mass is 19.3. The summed E-state index contributed by atoms with van der Waals surface area (Å²) in [6, 6.07) is 1.96. The molecule has 1 unspecified atom stereocenters. The molecule has 0 aromatic heterocycles. The van der Waals surface area contributed by atoms with Crippen LogP contribution in [0.1, 0.15) is 24.1 Å². The zero-order valence-corrected chi connectivity index (χ0v) is 10.5. The summed E-state index contributed by atoms with van der Waals surface area (Å²) in [6.07, 6.45) is 0. The average Bonchev–Trinajstić information content (AvgIpc) is 2.34. The van der Waals surface area contributed by atoms with Crippen molar-refractivity contribution < 1.29 is 23.4 Å². The molecule has 0 amide bonds. The molecule has 0 heterocycles. The van der Waals surface area contributed by atoms with Crippen molar-refractivity contribution in [2.75, 3.05) is 20.8 Å². The first-order valence-corrected chi connectivity index (χ1v) is 5.35. The van der Waals surface area contributed by atoms with Gasteiger partial charge in [-0.2, -0.15) is 0 Å². The number of benzene rings is 1. The Kier molecular flexibility index (Phi) is 4.48. The van der Waals surface area contributed by atoms with Crippen molar-refractivity contribution in [3.8, 4) is 11.5 Å². The standard InChI is InChI=1S/C12H17F2NO3/c1-12(13,14)8-4-7(9(15)6-16)5-10(17-2)11(8)18-3/h4-5,9,16H,6,15H2,1-3H3. The molecule has 1 aromatic carbocycles. The Labute approximate surface area is 104 Å². The summed E-state index contributed by atoms with van der Waals surface area (Å²) in [4.78, 5) is 0. The minimum absolute atomic E-state index is 0.0288. The molecule has 6 heteroatoms. The van der Waals surface area contributed by atoms with Gasteiger partial charge in [0, 0.05) is 6.92 Å². The second-order valence-electron chi connectivity index (χ2n) is 3.98. The summed E-state index contributed by atoms with van der Waals surface area (Å²) in [7, 11) is 2.64. The highest BCUT2D eigenvalue weighted by Crippen LogP contribution is 2.42. The van der Waals surface area contributed by atoms with Crippen LogP contribution in [0.3, 0.4) is 0 Å². The van der Waals surface area contributed by atoms with Crippen molar-refractivity contribution in [3.63, 3.8) is 0 Å². The minimum atomic E-state index is -3.09. The number of aliphatic hydroxyl groups is 1. The van der Waals surface area contributed by atoms with Crippen LogP contribution in [-0.2, 0) is 5.92 Å². The molecule has 0 fully saturated rings. The van der Waals surface area contributed by atoms with E-state index in [1.165, 1.54) is 26.4 Å². The van der Waals surface area contributed by atoms with E-state index < -0.39 is 12.0 Å². The van der Waals surface area contributed by atoms with E-state index in [4.69, 9.17) is 20.3 Å². The molecule has 0 aliphatic heterocycles. The van der Waals surface area contributed by atoms with E-state index in [2.05, 4.69) is 0 Å². The number of halogens is 2. The highest BCUT2D eigenvalue weighted by Gasteiger charge is 2.31. The molecule has 102 valence electrons. The largest absolute Gasteiger partial charge is 0.493 e. The zero-order chi connectivity index (χ0) is 13.9. The molecule has 0 saturated heterocycles. The lowest BCUT2D eigenvalue weighted by molar-refractivity contribution is 0.0146. The average molecular weight is 261 g/mol. The van der Waals surface area contributed by atoms with Crippen molar-refractivity contribution in [3.05, 3.63) is 23.3 Å². The van der Waals surface area contributed by atoms with Crippen LogP contribution in [-0.4, -0.2) is 25.9 Å². The lowest BCUT2D eigenvalue weighted by Crippen LogP contribution is -2.17. The molecule has 0 bridgehead atoms. The predicted octanol–water partition coefficient (Wildman–Crippen LogP) is 1.81. The van der Waals surface area contributed by atoms with E-state index in [-0.39, 0.29) is 23.7 Å². The number of hydrogen-bond donors (Lipinski definition) is 2. The molecule has 0 spiro atoms. The molecule has 0 saturated carbocycles. The summed E-state index contributed by atoms with van der Waals surface area (Å²) in [6.45, 7) is 0.419. The van der Waals surface area contributed by atoms with Gasteiger partial charge in [0.1, 0.15) is 0 Å². The van der Waals surface area contributed by atoms with Gasteiger partial charge in [-0.15, -0.1) is 0 Å². The van der Waals surface area contributed by atoms with Crippen LogP contribution in [0.2, 0.25) is 0 Å². The van der Waals surface area contributed by atoms with Crippen molar-refractivity contribution >= 4 is 0 Å². The third kappa shape index (κ3) is 2.88. The fourth-order valence-electron chi connectivity index (χ4n) is 1.63. The molecule has 18 heavy (non-hydrogen) atoms. The van der Waals surface area contributed by atoms with Gasteiger partial charge in [-0.3, -0.25) is 0 Å². The first-order chi connectivity index (χ1) is 8.35. The molecular formula is C12H17F2NO3. The maximum atomic E-state index is 13.5. The Morgan fingerprint density at radius 3 is 2.33 bits per heavy atom. The van der Waals surface area contributed by atoms with Crippen LogP contribution < -0.4 is 15.2 Å². The summed E-state index contributed by atoms with van der Waals surface area (Å²) in [5.74, 6) is -2.96. The third-order valence-corrected chi connectivity index (χ3v) is 2.60. The van der Waals surface area contributed by atoms with E-state index in [0.29, 0.717) is 5.56 Å². The van der Waals surface area contributed by atoms with Crippen molar-refractivity contribution in [2.24, 2.45) is 5.73 Å². The van der Waals surface area contributed by atoms with E-state index in [1.807, 2.05) is 0 Å². The van der Waals surface area contributed by atoms with Crippen LogP contribution in [0, 0.1) is 0 Å². The van der Waals surface area contributed by atoms with Crippen LogP contribution in [0.15, 0.2) is 12.1 Å². The second kappa shape index (κ2) is 5.49. The Morgan fingerprint density at radius 2 is 1.94 bits per heavy atom. The fourth-order valence-corrected chi connectivity index (χ4v) is 1.63. The molecule has 1 aromatic rings. The molecule has 1 atom stereocenters. The Hall–Kier alpha value is -1.40. The Bertz CT molecular complexity index is 419. The van der Waals surface area contributed by atoms with Crippen LogP contribution in [0.5, 0.6) is 11.5 Å². The maximum Gasteiger partial charge on any atom is 0.274 e. The van der Waals surface area contributed by atoms with Crippen molar-refractivity contribution in [2.45, 2.75) is 18.9 Å². The predicted molar refractivity (Wildman–Crippen MR) is 63.1 cm³/mol. The van der Waals surface area contributed by atoms with Gasteiger partial charge < -0.3 is 20.3 Å². The first-order valence-electron chi connectivity index (χ1n) is 5.35. The Morgan fingerprint density at radius 1 is 1.33 bits per heavy atom. The maximum absolute atomic E-state index is 13.5. The quantitative estimate of drug-likeness (QED) is 0.848. The zero-order valence-electron chi connectivity index (χ0n) is 10.5. The van der Waals surface area contributed by atoms with Gasteiger partial charge in [0.05, 0.1) is 32.4 Å². The molecule has 4 nitrogen and oxygen atoms in total. The van der Waals surface area contributed by atoms with Gasteiger partial charge in [0.15, 0.2) is 11.5 Å². The number of ether oxygens (including phenoxy) is 2. The van der Waals surface area contributed by atoms with Gasteiger partial charge in [-0.05, 0) is 17.7 Å². The van der Waals surface area contributed by atoms with E-state index >= 15 is 0 Å². The molecule has 0 aliphatic rings. The lowest BCUT2D eigenvalue weighted by atomic mass is 10.00. The van der Waals surface area contributed by atoms with Gasteiger partial charge in [0.25, 0.3) is 5.92 Å². The van der Waals surface area contributed by atoms with Gasteiger partial charge in [0.2, 0.25) is 0 Å². The number of rotatable bonds is 5. The first kappa shape index (κ1) is 14.7. The monoisotopic (exact) mass is 261 g/mol. The van der Waals surface area contributed by atoms with E-state index in [0.717, 1.165) is 6.92 Å². The van der Waals surface area contributed by atoms with Gasteiger partial charge in [-0.1, -0.05) is 0 Å². The summed E-state index contributed by atoms with van der Waals surface area (Å²) in [5.41, 5.74) is 5.68. The van der Waals surface area contributed by atoms with Gasteiger partial charge >= 0.3 is 0 Å². The normalized spacial score (nSPS) is 13.3. The summed E-state index contributed by atoms with van der Waals surface area (Å²) >= 11 is 0. The number of aliphatic hydroxyl groups excluding tert-OH is 1. The molecule has 1 rings (SSSR count). The number of alkyl halides is 2. The summed E-state index contributed by atoms with van der Waals surface area (Å²) < 4.78 is 37.0.